The molecule has 2 aromatic carbocycles. The molecule has 1 atom stereocenters. The molecule has 7 nitrogen and oxygen atoms in total. The minimum atomic E-state index is -0.604. The van der Waals surface area contributed by atoms with Crippen molar-refractivity contribution in [3.05, 3.63) is 52.5 Å². The number of anilines is 1. The van der Waals surface area contributed by atoms with Gasteiger partial charge in [-0.05, 0) is 23.8 Å². The van der Waals surface area contributed by atoms with Crippen LogP contribution in [-0.4, -0.2) is 32.6 Å². The molecule has 0 unspecified atom stereocenters. The van der Waals surface area contributed by atoms with Crippen LogP contribution in [-0.2, 0) is 20.9 Å². The molecule has 0 N–H and O–H groups in total. The van der Waals surface area contributed by atoms with Gasteiger partial charge in [-0.3, -0.25) is 9.59 Å². The summed E-state index contributed by atoms with van der Waals surface area (Å²) >= 11 is 6.19. The molecule has 0 radical (unpaired) electrons. The molecule has 1 amide bonds. The van der Waals surface area contributed by atoms with Crippen molar-refractivity contribution in [3.63, 3.8) is 0 Å². The first-order valence-electron chi connectivity index (χ1n) is 8.84. The molecule has 1 aliphatic heterocycles. The topological polar surface area (TPSA) is 88.9 Å². The van der Waals surface area contributed by atoms with E-state index >= 15 is 0 Å². The van der Waals surface area contributed by atoms with E-state index in [2.05, 4.69) is 0 Å². The third-order valence-corrected chi connectivity index (χ3v) is 4.94. The quantitative estimate of drug-likeness (QED) is 0.673. The van der Waals surface area contributed by atoms with Gasteiger partial charge >= 0.3 is 5.97 Å². The Labute approximate surface area is 173 Å². The van der Waals surface area contributed by atoms with Gasteiger partial charge in [0, 0.05) is 19.0 Å². The van der Waals surface area contributed by atoms with Crippen LogP contribution >= 0.6 is 11.6 Å². The summed E-state index contributed by atoms with van der Waals surface area (Å²) in [7, 11) is 2.97. The molecule has 3 rings (SSSR count). The molecule has 0 aliphatic carbocycles. The number of rotatable bonds is 6. The van der Waals surface area contributed by atoms with Crippen LogP contribution in [0, 0.1) is 17.2 Å². The zero-order valence-corrected chi connectivity index (χ0v) is 16.7. The molecule has 2 aromatic rings. The lowest BCUT2D eigenvalue weighted by Gasteiger charge is -2.20. The number of hydrogen-bond acceptors (Lipinski definition) is 6. The number of benzene rings is 2. The first-order chi connectivity index (χ1) is 14.0. The fourth-order valence-electron chi connectivity index (χ4n) is 3.16. The summed E-state index contributed by atoms with van der Waals surface area (Å²) in [5.74, 6) is -0.455. The van der Waals surface area contributed by atoms with Crippen LogP contribution in [0.3, 0.4) is 0 Å². The first kappa shape index (κ1) is 20.5. The van der Waals surface area contributed by atoms with Crippen LogP contribution in [0.25, 0.3) is 0 Å². The molecule has 1 heterocycles. The van der Waals surface area contributed by atoms with E-state index in [9.17, 15) is 9.59 Å². The zero-order valence-electron chi connectivity index (χ0n) is 16.0. The van der Waals surface area contributed by atoms with E-state index in [0.29, 0.717) is 33.3 Å². The number of carbonyl (C=O) groups excluding carboxylic acids is 2. The van der Waals surface area contributed by atoms with Crippen molar-refractivity contribution in [2.24, 2.45) is 5.92 Å². The Balaban J connectivity index is 1.70. The van der Waals surface area contributed by atoms with Crippen LogP contribution in [0.5, 0.6) is 11.5 Å². The van der Waals surface area contributed by atoms with Crippen molar-refractivity contribution >= 4 is 29.2 Å². The third-order valence-electron chi connectivity index (χ3n) is 4.64. The van der Waals surface area contributed by atoms with Crippen LogP contribution in [0.4, 0.5) is 5.69 Å². The normalized spacial score (nSPS) is 15.7. The van der Waals surface area contributed by atoms with E-state index in [0.717, 1.165) is 0 Å². The highest BCUT2D eigenvalue weighted by Gasteiger charge is 2.37. The van der Waals surface area contributed by atoms with E-state index in [4.69, 9.17) is 31.1 Å². The monoisotopic (exact) mass is 414 g/mol. The maximum Gasteiger partial charge on any atom is 0.311 e. The Morgan fingerprint density at radius 1 is 1.24 bits per heavy atom. The van der Waals surface area contributed by atoms with E-state index in [1.165, 1.54) is 19.1 Å². The predicted molar refractivity (Wildman–Crippen MR) is 106 cm³/mol. The van der Waals surface area contributed by atoms with Gasteiger partial charge in [-0.1, -0.05) is 23.7 Å². The van der Waals surface area contributed by atoms with E-state index < -0.39 is 11.9 Å². The SMILES string of the molecule is COc1cc(OC)c(N2C[C@H](C(=O)OCc3cccc(C#N)c3)CC2=O)cc1Cl. The van der Waals surface area contributed by atoms with Crippen molar-refractivity contribution in [2.75, 3.05) is 25.7 Å². The smallest absolute Gasteiger partial charge is 0.311 e. The fraction of sp³-hybridized carbons (Fsp3) is 0.286. The summed E-state index contributed by atoms with van der Waals surface area (Å²) in [6.07, 6.45) is 0.0316. The molecule has 1 fully saturated rings. The van der Waals surface area contributed by atoms with Gasteiger partial charge < -0.3 is 19.1 Å². The van der Waals surface area contributed by atoms with Crippen LogP contribution < -0.4 is 14.4 Å². The highest BCUT2D eigenvalue weighted by Crippen LogP contribution is 2.40. The Morgan fingerprint density at radius 3 is 2.69 bits per heavy atom. The number of nitrogens with zero attached hydrogens (tertiary/aromatic N) is 2. The fourth-order valence-corrected chi connectivity index (χ4v) is 3.39. The number of nitriles is 1. The summed E-state index contributed by atoms with van der Waals surface area (Å²) in [4.78, 5) is 26.5. The van der Waals surface area contributed by atoms with Crippen LogP contribution in [0.15, 0.2) is 36.4 Å². The number of esters is 1. The summed E-state index contributed by atoms with van der Waals surface area (Å²) in [5.41, 5.74) is 1.67. The van der Waals surface area contributed by atoms with Gasteiger partial charge in [-0.25, -0.2) is 0 Å². The number of ether oxygens (including phenoxy) is 3. The molecule has 0 aromatic heterocycles. The van der Waals surface area contributed by atoms with Gasteiger partial charge in [0.25, 0.3) is 0 Å². The molecular formula is C21H19ClN2O5. The maximum atomic E-state index is 12.5. The molecule has 0 bridgehead atoms. The molecule has 1 aliphatic rings. The van der Waals surface area contributed by atoms with E-state index in [1.807, 2.05) is 6.07 Å². The molecule has 1 saturated heterocycles. The van der Waals surface area contributed by atoms with Crippen LogP contribution in [0.1, 0.15) is 17.5 Å². The third kappa shape index (κ3) is 4.44. The summed E-state index contributed by atoms with van der Waals surface area (Å²) in [5, 5.41) is 9.28. The van der Waals surface area contributed by atoms with Crippen molar-refractivity contribution in [1.29, 1.82) is 5.26 Å². The van der Waals surface area contributed by atoms with Crippen molar-refractivity contribution in [1.82, 2.24) is 0 Å². The second-order valence-corrected chi connectivity index (χ2v) is 6.89. The molecule has 0 saturated carbocycles. The Hall–Kier alpha value is -3.24. The summed E-state index contributed by atoms with van der Waals surface area (Å²) in [6.45, 7) is 0.200. The second kappa shape index (κ2) is 8.84. The Bertz CT molecular complexity index is 986. The average Bonchev–Trinajstić information content (AvgIpc) is 3.13. The van der Waals surface area contributed by atoms with Gasteiger partial charge in [0.05, 0.1) is 42.5 Å². The Morgan fingerprint density at radius 2 is 2.00 bits per heavy atom. The number of halogens is 1. The second-order valence-electron chi connectivity index (χ2n) is 6.48. The molecule has 0 spiro atoms. The standard InChI is InChI=1S/C21H19ClN2O5/c1-27-18-9-19(28-2)17(8-16(18)22)24-11-15(7-20(24)25)21(26)29-12-14-5-3-4-13(6-14)10-23/h3-6,8-9,15H,7,11-12H2,1-2H3/t15-/m1/s1. The first-order valence-corrected chi connectivity index (χ1v) is 9.22. The largest absolute Gasteiger partial charge is 0.495 e. The van der Waals surface area contributed by atoms with Crippen LogP contribution in [0.2, 0.25) is 5.02 Å². The van der Waals surface area contributed by atoms with Crippen molar-refractivity contribution in [2.45, 2.75) is 13.0 Å². The maximum absolute atomic E-state index is 12.5. The Kier molecular flexibility index (Phi) is 6.25. The molecular weight excluding hydrogens is 396 g/mol. The lowest BCUT2D eigenvalue weighted by molar-refractivity contribution is -0.149. The molecule has 150 valence electrons. The van der Waals surface area contributed by atoms with Crippen molar-refractivity contribution < 1.29 is 23.8 Å². The number of carbonyl (C=O) groups is 2. The lowest BCUT2D eigenvalue weighted by atomic mass is 10.1. The zero-order chi connectivity index (χ0) is 21.0. The number of amides is 1. The lowest BCUT2D eigenvalue weighted by Crippen LogP contribution is -2.27. The minimum absolute atomic E-state index is 0.0316. The highest BCUT2D eigenvalue weighted by molar-refractivity contribution is 6.32. The average molecular weight is 415 g/mol. The highest BCUT2D eigenvalue weighted by atomic mass is 35.5. The van der Waals surface area contributed by atoms with Gasteiger partial charge in [0.15, 0.2) is 0 Å². The van der Waals surface area contributed by atoms with Gasteiger partial charge in [0.1, 0.15) is 18.1 Å². The van der Waals surface area contributed by atoms with E-state index in [-0.39, 0.29) is 25.5 Å². The molecule has 29 heavy (non-hydrogen) atoms. The number of hydrogen-bond donors (Lipinski definition) is 0. The van der Waals surface area contributed by atoms with Gasteiger partial charge in [-0.2, -0.15) is 5.26 Å². The van der Waals surface area contributed by atoms with E-state index in [1.54, 1.807) is 36.4 Å². The number of methoxy groups -OCH3 is 2. The minimum Gasteiger partial charge on any atom is -0.495 e. The van der Waals surface area contributed by atoms with Gasteiger partial charge in [-0.15, -0.1) is 0 Å². The summed E-state index contributed by atoms with van der Waals surface area (Å²) in [6, 6.07) is 12.0. The summed E-state index contributed by atoms with van der Waals surface area (Å²) < 4.78 is 15.9. The predicted octanol–water partition coefficient (Wildman–Crippen LogP) is 3.33. The van der Waals surface area contributed by atoms with Crippen molar-refractivity contribution in [3.8, 4) is 17.6 Å². The van der Waals surface area contributed by atoms with Gasteiger partial charge in [0.2, 0.25) is 5.91 Å². The molecule has 8 heteroatoms.